The van der Waals surface area contributed by atoms with E-state index < -0.39 is 10.0 Å². The highest BCUT2D eigenvalue weighted by Crippen LogP contribution is 2.25. The van der Waals surface area contributed by atoms with E-state index in [0.717, 1.165) is 12.1 Å². The van der Waals surface area contributed by atoms with E-state index in [1.165, 1.54) is 0 Å². The van der Waals surface area contributed by atoms with Crippen LogP contribution in [0.3, 0.4) is 0 Å². The van der Waals surface area contributed by atoms with Crippen LogP contribution in [-0.2, 0) is 16.6 Å². The molecule has 21 heavy (non-hydrogen) atoms. The molecule has 2 rings (SSSR count). The van der Waals surface area contributed by atoms with Gasteiger partial charge in [0.1, 0.15) is 4.90 Å². The maximum Gasteiger partial charge on any atom is 0.263 e. The predicted octanol–water partition coefficient (Wildman–Crippen LogP) is 3.36. The molecule has 0 saturated carbocycles. The minimum atomic E-state index is -3.62. The van der Waals surface area contributed by atoms with Crippen LogP contribution in [-0.4, -0.2) is 15.0 Å². The summed E-state index contributed by atoms with van der Waals surface area (Å²) in [5.41, 5.74) is 1.50. The van der Waals surface area contributed by atoms with Crippen LogP contribution in [0.1, 0.15) is 12.5 Å². The van der Waals surface area contributed by atoms with Crippen LogP contribution in [0.25, 0.3) is 0 Å². The van der Waals surface area contributed by atoms with Gasteiger partial charge in [-0.3, -0.25) is 4.72 Å². The first kappa shape index (κ1) is 16.0. The number of nitrogens with one attached hydrogen (secondary N) is 2. The molecule has 0 atom stereocenters. The number of rotatable bonds is 6. The highest BCUT2D eigenvalue weighted by atomic mass is 79.9. The second kappa shape index (κ2) is 7.06. The van der Waals surface area contributed by atoms with E-state index in [9.17, 15) is 8.42 Å². The van der Waals surface area contributed by atoms with Gasteiger partial charge in [0.25, 0.3) is 10.0 Å². The van der Waals surface area contributed by atoms with Gasteiger partial charge in [-0.15, -0.1) is 0 Å². The average molecular weight is 369 g/mol. The van der Waals surface area contributed by atoms with E-state index in [2.05, 4.69) is 26.0 Å². The first-order chi connectivity index (χ1) is 10.0. The molecule has 0 heterocycles. The molecule has 112 valence electrons. The minimum absolute atomic E-state index is 0.225. The molecule has 0 aliphatic rings. The standard InChI is InChI=1S/C15H17BrN2O2S/c1-2-17-11-12-7-3-5-9-14(12)18-21(19,20)15-10-6-4-8-13(15)16/h3-10,17-18H,2,11H2,1H3. The molecule has 2 N–H and O–H groups in total. The number of benzene rings is 2. The third-order valence-corrected chi connectivity index (χ3v) is 5.33. The normalized spacial score (nSPS) is 11.3. The molecule has 0 radical (unpaired) electrons. The Kier molecular flexibility index (Phi) is 5.39. The number of anilines is 1. The Morgan fingerprint density at radius 2 is 1.71 bits per heavy atom. The van der Waals surface area contributed by atoms with Crippen molar-refractivity contribution in [1.29, 1.82) is 0 Å². The van der Waals surface area contributed by atoms with Gasteiger partial charge in [-0.1, -0.05) is 37.3 Å². The number of hydrogen-bond acceptors (Lipinski definition) is 3. The first-order valence-corrected chi connectivity index (χ1v) is 8.88. The lowest BCUT2D eigenvalue weighted by atomic mass is 10.2. The Labute approximate surface area is 133 Å². The van der Waals surface area contributed by atoms with E-state index in [4.69, 9.17) is 0 Å². The number of sulfonamides is 1. The van der Waals surface area contributed by atoms with Crippen LogP contribution in [0.2, 0.25) is 0 Å². The van der Waals surface area contributed by atoms with Crippen LogP contribution >= 0.6 is 15.9 Å². The molecule has 2 aromatic carbocycles. The van der Waals surface area contributed by atoms with E-state index in [-0.39, 0.29) is 4.90 Å². The van der Waals surface area contributed by atoms with Gasteiger partial charge >= 0.3 is 0 Å². The van der Waals surface area contributed by atoms with E-state index in [1.807, 2.05) is 25.1 Å². The Morgan fingerprint density at radius 3 is 2.43 bits per heavy atom. The molecule has 4 nitrogen and oxygen atoms in total. The SMILES string of the molecule is CCNCc1ccccc1NS(=O)(=O)c1ccccc1Br. The summed E-state index contributed by atoms with van der Waals surface area (Å²) >= 11 is 3.27. The van der Waals surface area contributed by atoms with Crippen molar-refractivity contribution in [3.8, 4) is 0 Å². The molecule has 0 bridgehead atoms. The van der Waals surface area contributed by atoms with Gasteiger partial charge in [0.15, 0.2) is 0 Å². The second-order valence-electron chi connectivity index (χ2n) is 4.47. The van der Waals surface area contributed by atoms with Crippen molar-refractivity contribution >= 4 is 31.6 Å². The van der Waals surface area contributed by atoms with E-state index in [0.29, 0.717) is 16.7 Å². The van der Waals surface area contributed by atoms with Crippen molar-refractivity contribution in [2.45, 2.75) is 18.4 Å². The maximum absolute atomic E-state index is 12.5. The fraction of sp³-hybridized carbons (Fsp3) is 0.200. The smallest absolute Gasteiger partial charge is 0.263 e. The van der Waals surface area contributed by atoms with Gasteiger partial charge < -0.3 is 5.32 Å². The summed E-state index contributed by atoms with van der Waals surface area (Å²) in [6.45, 7) is 3.45. The van der Waals surface area contributed by atoms with Crippen molar-refractivity contribution in [1.82, 2.24) is 5.32 Å². The third kappa shape index (κ3) is 4.06. The Balaban J connectivity index is 2.31. The summed E-state index contributed by atoms with van der Waals surface area (Å²) < 4.78 is 28.2. The molecule has 0 fully saturated rings. The number of para-hydroxylation sites is 1. The zero-order valence-corrected chi connectivity index (χ0v) is 14.0. The van der Waals surface area contributed by atoms with Crippen LogP contribution in [0.4, 0.5) is 5.69 Å². The summed E-state index contributed by atoms with van der Waals surface area (Å²) in [5.74, 6) is 0. The summed E-state index contributed by atoms with van der Waals surface area (Å²) in [6, 6.07) is 14.1. The highest BCUT2D eigenvalue weighted by molar-refractivity contribution is 9.10. The summed E-state index contributed by atoms with van der Waals surface area (Å²) in [7, 11) is -3.62. The van der Waals surface area contributed by atoms with Crippen LogP contribution in [0, 0.1) is 0 Å². The monoisotopic (exact) mass is 368 g/mol. The van der Waals surface area contributed by atoms with Gasteiger partial charge in [-0.05, 0) is 46.2 Å². The van der Waals surface area contributed by atoms with Gasteiger partial charge in [0, 0.05) is 11.0 Å². The Hall–Kier alpha value is -1.37. The summed E-state index contributed by atoms with van der Waals surface area (Å²) in [6.07, 6.45) is 0. The van der Waals surface area contributed by atoms with Crippen LogP contribution in [0.15, 0.2) is 57.9 Å². The Morgan fingerprint density at radius 1 is 1.05 bits per heavy atom. The van der Waals surface area contributed by atoms with Crippen LogP contribution in [0.5, 0.6) is 0 Å². The molecule has 0 aromatic heterocycles. The highest BCUT2D eigenvalue weighted by Gasteiger charge is 2.18. The average Bonchev–Trinajstić information content (AvgIpc) is 2.46. The summed E-state index contributed by atoms with van der Waals surface area (Å²) in [5, 5.41) is 3.20. The number of hydrogen-bond donors (Lipinski definition) is 2. The molecule has 0 aliphatic carbocycles. The predicted molar refractivity (Wildman–Crippen MR) is 88.8 cm³/mol. The van der Waals surface area contributed by atoms with Gasteiger partial charge in [0.2, 0.25) is 0 Å². The fourth-order valence-electron chi connectivity index (χ4n) is 1.90. The minimum Gasteiger partial charge on any atom is -0.313 e. The lowest BCUT2D eigenvalue weighted by molar-refractivity contribution is 0.600. The first-order valence-electron chi connectivity index (χ1n) is 6.60. The van der Waals surface area contributed by atoms with Crippen molar-refractivity contribution in [2.24, 2.45) is 0 Å². The van der Waals surface area contributed by atoms with E-state index >= 15 is 0 Å². The van der Waals surface area contributed by atoms with Gasteiger partial charge in [0.05, 0.1) is 5.69 Å². The Bertz CT molecular complexity index is 717. The molecule has 2 aromatic rings. The molecule has 0 amide bonds. The molecule has 6 heteroatoms. The lowest BCUT2D eigenvalue weighted by Crippen LogP contribution is -2.17. The molecule has 0 spiro atoms. The van der Waals surface area contributed by atoms with E-state index in [1.54, 1.807) is 30.3 Å². The molecule has 0 saturated heterocycles. The lowest BCUT2D eigenvalue weighted by Gasteiger charge is -2.13. The van der Waals surface area contributed by atoms with Gasteiger partial charge in [-0.2, -0.15) is 0 Å². The van der Waals surface area contributed by atoms with Crippen molar-refractivity contribution in [3.63, 3.8) is 0 Å². The third-order valence-electron chi connectivity index (χ3n) is 2.95. The number of halogens is 1. The van der Waals surface area contributed by atoms with Crippen LogP contribution < -0.4 is 10.0 Å². The molecular formula is C15H17BrN2O2S. The molecular weight excluding hydrogens is 352 g/mol. The summed E-state index contributed by atoms with van der Waals surface area (Å²) in [4.78, 5) is 0.225. The zero-order chi connectivity index (χ0) is 15.3. The van der Waals surface area contributed by atoms with Crippen molar-refractivity contribution in [2.75, 3.05) is 11.3 Å². The van der Waals surface area contributed by atoms with Crippen molar-refractivity contribution < 1.29 is 8.42 Å². The zero-order valence-electron chi connectivity index (χ0n) is 11.6. The van der Waals surface area contributed by atoms with Gasteiger partial charge in [-0.25, -0.2) is 8.42 Å². The fourth-order valence-corrected chi connectivity index (χ4v) is 4.00. The molecule has 0 aliphatic heterocycles. The topological polar surface area (TPSA) is 58.2 Å². The second-order valence-corrected chi connectivity index (χ2v) is 6.98. The maximum atomic E-state index is 12.5. The van der Waals surface area contributed by atoms with Crippen molar-refractivity contribution in [3.05, 3.63) is 58.6 Å². The molecule has 0 unspecified atom stereocenters. The largest absolute Gasteiger partial charge is 0.313 e. The quantitative estimate of drug-likeness (QED) is 0.821.